The van der Waals surface area contributed by atoms with E-state index in [9.17, 15) is 4.79 Å². The first kappa shape index (κ1) is 13.0. The number of nitrogens with one attached hydrogen (secondary N) is 1. The van der Waals surface area contributed by atoms with Crippen molar-refractivity contribution in [3.05, 3.63) is 29.8 Å². The van der Waals surface area contributed by atoms with Gasteiger partial charge in [0.2, 0.25) is 0 Å². The summed E-state index contributed by atoms with van der Waals surface area (Å²) in [7, 11) is 0. The number of carbonyl (C=O) groups is 1. The molecule has 17 heavy (non-hydrogen) atoms. The van der Waals surface area contributed by atoms with Crippen molar-refractivity contribution in [3.8, 4) is 0 Å². The maximum atomic E-state index is 11.9. The predicted octanol–water partition coefficient (Wildman–Crippen LogP) is 3.31. The van der Waals surface area contributed by atoms with E-state index in [-0.39, 0.29) is 5.91 Å². The van der Waals surface area contributed by atoms with E-state index in [2.05, 4.69) is 21.2 Å². The fourth-order valence-electron chi connectivity index (χ4n) is 1.66. The molecule has 0 aromatic heterocycles. The lowest BCUT2D eigenvalue weighted by Crippen LogP contribution is -2.30. The lowest BCUT2D eigenvalue weighted by atomic mass is 10.2. The Labute approximate surface area is 115 Å². The SMILES string of the molecule is CSc1ccc(C(=O)NCC(Br)C2CC2)cc1. The Morgan fingerprint density at radius 1 is 1.47 bits per heavy atom. The second-order valence-corrected chi connectivity index (χ2v) is 6.35. The number of halogens is 1. The normalized spacial score (nSPS) is 16.6. The summed E-state index contributed by atoms with van der Waals surface area (Å²) in [6, 6.07) is 7.71. The molecule has 1 unspecified atom stereocenters. The molecule has 2 nitrogen and oxygen atoms in total. The maximum absolute atomic E-state index is 11.9. The van der Waals surface area contributed by atoms with Crippen LogP contribution in [0.2, 0.25) is 0 Å². The molecule has 0 heterocycles. The standard InChI is InChI=1S/C13H16BrNOS/c1-17-11-6-4-10(5-7-11)13(16)15-8-12(14)9-2-3-9/h4-7,9,12H,2-3,8H2,1H3,(H,15,16). The summed E-state index contributed by atoms with van der Waals surface area (Å²) in [6.45, 7) is 0.716. The van der Waals surface area contributed by atoms with Gasteiger partial charge in [0.25, 0.3) is 5.91 Å². The fourth-order valence-corrected chi connectivity index (χ4v) is 2.76. The summed E-state index contributed by atoms with van der Waals surface area (Å²) < 4.78 is 0. The van der Waals surface area contributed by atoms with Gasteiger partial charge in [0, 0.05) is 21.8 Å². The molecule has 1 fully saturated rings. The van der Waals surface area contributed by atoms with Gasteiger partial charge in [0.15, 0.2) is 0 Å². The van der Waals surface area contributed by atoms with Gasteiger partial charge >= 0.3 is 0 Å². The summed E-state index contributed by atoms with van der Waals surface area (Å²) in [5.41, 5.74) is 0.735. The van der Waals surface area contributed by atoms with Gasteiger partial charge in [0.05, 0.1) is 0 Å². The summed E-state index contributed by atoms with van der Waals surface area (Å²) in [6.07, 6.45) is 4.60. The molecule has 0 saturated heterocycles. The molecule has 0 spiro atoms. The van der Waals surface area contributed by atoms with Crippen LogP contribution in [0.3, 0.4) is 0 Å². The van der Waals surface area contributed by atoms with Crippen LogP contribution in [0.15, 0.2) is 29.2 Å². The van der Waals surface area contributed by atoms with Gasteiger partial charge in [-0.1, -0.05) is 15.9 Å². The lowest BCUT2D eigenvalue weighted by molar-refractivity contribution is 0.0953. The van der Waals surface area contributed by atoms with Crippen LogP contribution < -0.4 is 5.32 Å². The quantitative estimate of drug-likeness (QED) is 0.667. The number of hydrogen-bond acceptors (Lipinski definition) is 2. The Hall–Kier alpha value is -0.480. The number of carbonyl (C=O) groups excluding carboxylic acids is 1. The predicted molar refractivity (Wildman–Crippen MR) is 76.0 cm³/mol. The molecule has 0 bridgehead atoms. The van der Waals surface area contributed by atoms with Crippen molar-refractivity contribution in [2.45, 2.75) is 22.6 Å². The van der Waals surface area contributed by atoms with Crippen molar-refractivity contribution in [2.75, 3.05) is 12.8 Å². The van der Waals surface area contributed by atoms with Crippen LogP contribution in [0.1, 0.15) is 23.2 Å². The van der Waals surface area contributed by atoms with E-state index in [1.807, 2.05) is 30.5 Å². The zero-order valence-corrected chi connectivity index (χ0v) is 12.2. The smallest absolute Gasteiger partial charge is 0.251 e. The molecule has 1 aliphatic rings. The molecule has 1 N–H and O–H groups in total. The summed E-state index contributed by atoms with van der Waals surface area (Å²) >= 11 is 5.29. The van der Waals surface area contributed by atoms with Gasteiger partial charge in [-0.15, -0.1) is 11.8 Å². The molecule has 0 radical (unpaired) electrons. The van der Waals surface area contributed by atoms with Crippen LogP contribution in [0.5, 0.6) is 0 Å². The summed E-state index contributed by atoms with van der Waals surface area (Å²) in [5.74, 6) is 0.775. The number of amides is 1. The van der Waals surface area contributed by atoms with Crippen molar-refractivity contribution >= 4 is 33.6 Å². The van der Waals surface area contributed by atoms with Gasteiger partial charge in [-0.2, -0.15) is 0 Å². The zero-order valence-electron chi connectivity index (χ0n) is 9.78. The minimum absolute atomic E-state index is 0.0164. The van der Waals surface area contributed by atoms with Gasteiger partial charge in [0.1, 0.15) is 0 Å². The number of thioether (sulfide) groups is 1. The minimum atomic E-state index is 0.0164. The van der Waals surface area contributed by atoms with E-state index < -0.39 is 0 Å². The molecular formula is C13H16BrNOS. The minimum Gasteiger partial charge on any atom is -0.351 e. The largest absolute Gasteiger partial charge is 0.351 e. The molecule has 1 aromatic rings. The van der Waals surface area contributed by atoms with Crippen molar-refractivity contribution in [3.63, 3.8) is 0 Å². The van der Waals surface area contributed by atoms with Crippen LogP contribution in [-0.4, -0.2) is 23.5 Å². The molecule has 1 aromatic carbocycles. The highest BCUT2D eigenvalue weighted by Gasteiger charge is 2.29. The fraction of sp³-hybridized carbons (Fsp3) is 0.462. The summed E-state index contributed by atoms with van der Waals surface area (Å²) in [5, 5.41) is 2.96. The van der Waals surface area contributed by atoms with Crippen molar-refractivity contribution in [1.29, 1.82) is 0 Å². The van der Waals surface area contributed by atoms with E-state index in [0.29, 0.717) is 11.4 Å². The first-order valence-corrected chi connectivity index (χ1v) is 7.91. The first-order valence-electron chi connectivity index (χ1n) is 5.77. The van der Waals surface area contributed by atoms with Crippen LogP contribution in [0.25, 0.3) is 0 Å². The highest BCUT2D eigenvalue weighted by atomic mass is 79.9. The summed E-state index contributed by atoms with van der Waals surface area (Å²) in [4.78, 5) is 13.5. The van der Waals surface area contributed by atoms with Gasteiger partial charge in [-0.3, -0.25) is 4.79 Å². The highest BCUT2D eigenvalue weighted by Crippen LogP contribution is 2.36. The van der Waals surface area contributed by atoms with Gasteiger partial charge in [-0.05, 0) is 49.3 Å². The molecule has 1 saturated carbocycles. The second kappa shape index (κ2) is 5.91. The molecule has 92 valence electrons. The van der Waals surface area contributed by atoms with E-state index in [0.717, 1.165) is 11.5 Å². The molecule has 0 aliphatic heterocycles. The van der Waals surface area contributed by atoms with Crippen LogP contribution >= 0.6 is 27.7 Å². The molecular weight excluding hydrogens is 298 g/mol. The van der Waals surface area contributed by atoms with E-state index in [4.69, 9.17) is 0 Å². The number of alkyl halides is 1. The third-order valence-corrected chi connectivity index (χ3v) is 4.76. The van der Waals surface area contributed by atoms with Crippen molar-refractivity contribution < 1.29 is 4.79 Å². The first-order chi connectivity index (χ1) is 8.20. The van der Waals surface area contributed by atoms with E-state index in [1.54, 1.807) is 11.8 Å². The molecule has 4 heteroatoms. The monoisotopic (exact) mass is 313 g/mol. The van der Waals surface area contributed by atoms with E-state index in [1.165, 1.54) is 17.7 Å². The third-order valence-electron chi connectivity index (χ3n) is 2.94. The zero-order chi connectivity index (χ0) is 12.3. The Kier molecular flexibility index (Phi) is 4.51. The van der Waals surface area contributed by atoms with Gasteiger partial charge in [-0.25, -0.2) is 0 Å². The molecule has 2 rings (SSSR count). The van der Waals surface area contributed by atoms with Crippen LogP contribution in [-0.2, 0) is 0 Å². The molecule has 1 amide bonds. The maximum Gasteiger partial charge on any atom is 0.251 e. The lowest BCUT2D eigenvalue weighted by Gasteiger charge is -2.10. The van der Waals surface area contributed by atoms with Crippen LogP contribution in [0, 0.1) is 5.92 Å². The number of hydrogen-bond donors (Lipinski definition) is 1. The molecule has 1 aliphatic carbocycles. The number of rotatable bonds is 5. The third kappa shape index (κ3) is 3.75. The van der Waals surface area contributed by atoms with Crippen molar-refractivity contribution in [1.82, 2.24) is 5.32 Å². The number of benzene rings is 1. The highest BCUT2D eigenvalue weighted by molar-refractivity contribution is 9.09. The average Bonchev–Trinajstić information content (AvgIpc) is 3.20. The Balaban J connectivity index is 1.85. The van der Waals surface area contributed by atoms with Crippen molar-refractivity contribution in [2.24, 2.45) is 5.92 Å². The van der Waals surface area contributed by atoms with Gasteiger partial charge < -0.3 is 5.32 Å². The second-order valence-electron chi connectivity index (χ2n) is 4.29. The van der Waals surface area contributed by atoms with Crippen LogP contribution in [0.4, 0.5) is 0 Å². The average molecular weight is 314 g/mol. The Morgan fingerprint density at radius 2 is 2.12 bits per heavy atom. The Bertz CT molecular complexity index is 389. The molecule has 1 atom stereocenters. The Morgan fingerprint density at radius 3 is 2.65 bits per heavy atom. The topological polar surface area (TPSA) is 29.1 Å². The van der Waals surface area contributed by atoms with E-state index >= 15 is 0 Å².